The Morgan fingerprint density at radius 3 is 3.00 bits per heavy atom. The van der Waals surface area contributed by atoms with Gasteiger partial charge in [0.25, 0.3) is 0 Å². The van der Waals surface area contributed by atoms with E-state index in [1.165, 1.54) is 5.69 Å². The Morgan fingerprint density at radius 2 is 2.38 bits per heavy atom. The lowest BCUT2D eigenvalue weighted by Gasteiger charge is -2.05. The van der Waals surface area contributed by atoms with Crippen molar-refractivity contribution in [3.8, 4) is 0 Å². The van der Waals surface area contributed by atoms with Gasteiger partial charge in [-0.15, -0.1) is 0 Å². The van der Waals surface area contributed by atoms with Crippen molar-refractivity contribution >= 4 is 12.2 Å². The third kappa shape index (κ3) is 2.67. The van der Waals surface area contributed by atoms with Crippen LogP contribution in [0, 0.1) is 4.77 Å². The molecular formula is C9H16N2OS. The Balaban J connectivity index is 2.63. The van der Waals surface area contributed by atoms with Gasteiger partial charge in [0.05, 0.1) is 0 Å². The van der Waals surface area contributed by atoms with Crippen LogP contribution >= 0.6 is 12.2 Å². The third-order valence-electron chi connectivity index (χ3n) is 2.05. The highest BCUT2D eigenvalue weighted by Gasteiger charge is 2.00. The molecule has 13 heavy (non-hydrogen) atoms. The van der Waals surface area contributed by atoms with Crippen LogP contribution in [0.15, 0.2) is 6.20 Å². The molecule has 3 nitrogen and oxygen atoms in total. The molecule has 0 aliphatic heterocycles. The van der Waals surface area contributed by atoms with Crippen LogP contribution in [0.4, 0.5) is 0 Å². The number of ether oxygens (including phenoxy) is 1. The maximum absolute atomic E-state index is 5.16. The summed E-state index contributed by atoms with van der Waals surface area (Å²) < 4.78 is 7.94. The molecule has 0 fully saturated rings. The summed E-state index contributed by atoms with van der Waals surface area (Å²) in [4.78, 5) is 3.05. The number of rotatable bonds is 5. The smallest absolute Gasteiger partial charge is 0.177 e. The zero-order valence-electron chi connectivity index (χ0n) is 8.17. The second-order valence-electron chi connectivity index (χ2n) is 2.94. The van der Waals surface area contributed by atoms with Crippen LogP contribution in [0.3, 0.4) is 0 Å². The Labute approximate surface area is 83.7 Å². The first-order valence-corrected chi connectivity index (χ1v) is 4.96. The van der Waals surface area contributed by atoms with Gasteiger partial charge in [-0.05, 0) is 25.1 Å². The fourth-order valence-electron chi connectivity index (χ4n) is 1.34. The number of aromatic nitrogens is 2. The van der Waals surface area contributed by atoms with Gasteiger partial charge in [-0.1, -0.05) is 6.92 Å². The molecule has 0 aliphatic rings. The van der Waals surface area contributed by atoms with Crippen molar-refractivity contribution in [3.05, 3.63) is 16.7 Å². The minimum absolute atomic E-state index is 0.788. The molecule has 74 valence electrons. The molecule has 0 saturated heterocycles. The number of hydrogen-bond acceptors (Lipinski definition) is 2. The molecule has 0 spiro atoms. The number of nitrogens with one attached hydrogen (secondary N) is 1. The van der Waals surface area contributed by atoms with Gasteiger partial charge < -0.3 is 14.3 Å². The third-order valence-corrected chi connectivity index (χ3v) is 2.38. The minimum Gasteiger partial charge on any atom is -0.385 e. The molecular weight excluding hydrogens is 184 g/mol. The molecule has 0 unspecified atom stereocenters. The first-order valence-electron chi connectivity index (χ1n) is 4.55. The summed E-state index contributed by atoms with van der Waals surface area (Å²) in [6.07, 6.45) is 4.00. The SMILES string of the molecule is CCc1c[nH]c(=S)n1CCCOC. The topological polar surface area (TPSA) is 29.9 Å². The Kier molecular flexibility index (Phi) is 4.18. The number of aromatic amines is 1. The second-order valence-corrected chi connectivity index (χ2v) is 3.32. The van der Waals surface area contributed by atoms with Gasteiger partial charge in [0.1, 0.15) is 0 Å². The molecule has 0 bridgehead atoms. The van der Waals surface area contributed by atoms with Gasteiger partial charge in [0.15, 0.2) is 4.77 Å². The van der Waals surface area contributed by atoms with E-state index in [2.05, 4.69) is 16.5 Å². The fourth-order valence-corrected chi connectivity index (χ4v) is 1.60. The summed E-state index contributed by atoms with van der Waals surface area (Å²) >= 11 is 5.16. The number of aryl methyl sites for hydroxylation is 1. The van der Waals surface area contributed by atoms with Crippen LogP contribution in [0.25, 0.3) is 0 Å². The number of H-pyrrole nitrogens is 1. The molecule has 0 radical (unpaired) electrons. The number of imidazole rings is 1. The molecule has 0 aliphatic carbocycles. The highest BCUT2D eigenvalue weighted by Crippen LogP contribution is 2.03. The van der Waals surface area contributed by atoms with E-state index in [0.717, 1.165) is 30.8 Å². The first kappa shape index (κ1) is 10.5. The standard InChI is InChI=1S/C9H16N2OS/c1-3-8-7-10-9(13)11(8)5-4-6-12-2/h7H,3-6H2,1-2H3,(H,10,13). The highest BCUT2D eigenvalue weighted by molar-refractivity contribution is 7.71. The predicted octanol–water partition coefficient (Wildman–Crippen LogP) is 2.14. The maximum Gasteiger partial charge on any atom is 0.177 e. The molecule has 0 amide bonds. The summed E-state index contributed by atoms with van der Waals surface area (Å²) in [6.45, 7) is 3.86. The predicted molar refractivity (Wildman–Crippen MR) is 55.5 cm³/mol. The lowest BCUT2D eigenvalue weighted by Crippen LogP contribution is -2.04. The molecule has 4 heteroatoms. The van der Waals surface area contributed by atoms with Crippen molar-refractivity contribution in [1.82, 2.24) is 9.55 Å². The van der Waals surface area contributed by atoms with E-state index in [1.807, 2.05) is 6.20 Å². The summed E-state index contributed by atoms with van der Waals surface area (Å²) in [5.41, 5.74) is 1.26. The van der Waals surface area contributed by atoms with E-state index in [9.17, 15) is 0 Å². The van der Waals surface area contributed by atoms with Crippen LogP contribution in [-0.4, -0.2) is 23.3 Å². The Morgan fingerprint density at radius 1 is 1.62 bits per heavy atom. The number of hydrogen-bond donors (Lipinski definition) is 1. The molecule has 1 heterocycles. The van der Waals surface area contributed by atoms with Gasteiger partial charge in [0, 0.05) is 32.2 Å². The molecule has 1 N–H and O–H groups in total. The van der Waals surface area contributed by atoms with Crippen molar-refractivity contribution in [2.45, 2.75) is 26.3 Å². The lowest BCUT2D eigenvalue weighted by atomic mass is 10.3. The van der Waals surface area contributed by atoms with Gasteiger partial charge in [0.2, 0.25) is 0 Å². The van der Waals surface area contributed by atoms with Crippen LogP contribution in [0.2, 0.25) is 0 Å². The number of methoxy groups -OCH3 is 1. The zero-order chi connectivity index (χ0) is 9.68. The minimum atomic E-state index is 0.788. The Bertz CT molecular complexity index is 303. The van der Waals surface area contributed by atoms with Gasteiger partial charge in [-0.2, -0.15) is 0 Å². The molecule has 1 rings (SSSR count). The molecule has 1 aromatic rings. The molecule has 1 aromatic heterocycles. The first-order chi connectivity index (χ1) is 6.29. The van der Waals surface area contributed by atoms with Crippen LogP contribution in [0.1, 0.15) is 19.0 Å². The molecule has 0 saturated carbocycles. The van der Waals surface area contributed by atoms with E-state index in [1.54, 1.807) is 7.11 Å². The quantitative estimate of drug-likeness (QED) is 0.583. The van der Waals surface area contributed by atoms with E-state index in [-0.39, 0.29) is 0 Å². The summed E-state index contributed by atoms with van der Waals surface area (Å²) in [5.74, 6) is 0. The number of nitrogens with zero attached hydrogens (tertiary/aromatic N) is 1. The van der Waals surface area contributed by atoms with Crippen molar-refractivity contribution in [2.24, 2.45) is 0 Å². The average Bonchev–Trinajstić information content (AvgIpc) is 2.48. The normalized spacial score (nSPS) is 10.6. The van der Waals surface area contributed by atoms with Gasteiger partial charge >= 0.3 is 0 Å². The van der Waals surface area contributed by atoms with Crippen molar-refractivity contribution in [1.29, 1.82) is 0 Å². The monoisotopic (exact) mass is 200 g/mol. The zero-order valence-corrected chi connectivity index (χ0v) is 8.99. The van der Waals surface area contributed by atoms with Crippen LogP contribution < -0.4 is 0 Å². The Hall–Kier alpha value is -0.610. The summed E-state index contributed by atoms with van der Waals surface area (Å²) in [7, 11) is 1.72. The van der Waals surface area contributed by atoms with E-state index in [0.29, 0.717) is 0 Å². The second kappa shape index (κ2) is 5.19. The van der Waals surface area contributed by atoms with E-state index < -0.39 is 0 Å². The summed E-state index contributed by atoms with van der Waals surface area (Å²) in [5, 5.41) is 0. The highest BCUT2D eigenvalue weighted by atomic mass is 32.1. The molecule has 0 atom stereocenters. The van der Waals surface area contributed by atoms with Gasteiger partial charge in [-0.3, -0.25) is 0 Å². The van der Waals surface area contributed by atoms with E-state index >= 15 is 0 Å². The van der Waals surface area contributed by atoms with E-state index in [4.69, 9.17) is 17.0 Å². The lowest BCUT2D eigenvalue weighted by molar-refractivity contribution is 0.190. The summed E-state index contributed by atoms with van der Waals surface area (Å²) in [6, 6.07) is 0. The van der Waals surface area contributed by atoms with Crippen molar-refractivity contribution in [3.63, 3.8) is 0 Å². The fraction of sp³-hybridized carbons (Fsp3) is 0.667. The van der Waals surface area contributed by atoms with Crippen LogP contribution in [0.5, 0.6) is 0 Å². The van der Waals surface area contributed by atoms with Crippen LogP contribution in [-0.2, 0) is 17.7 Å². The van der Waals surface area contributed by atoms with Crippen molar-refractivity contribution < 1.29 is 4.74 Å². The largest absolute Gasteiger partial charge is 0.385 e. The maximum atomic E-state index is 5.16. The van der Waals surface area contributed by atoms with Crippen molar-refractivity contribution in [2.75, 3.05) is 13.7 Å². The molecule has 0 aromatic carbocycles. The average molecular weight is 200 g/mol. The van der Waals surface area contributed by atoms with Gasteiger partial charge in [-0.25, -0.2) is 0 Å².